The third kappa shape index (κ3) is 5.12. The molecule has 26 heavy (non-hydrogen) atoms. The van der Waals surface area contributed by atoms with Gasteiger partial charge >= 0.3 is 0 Å². The Bertz CT molecular complexity index is 899. The number of rotatable bonds is 6. The first-order chi connectivity index (χ1) is 12.7. The normalized spacial score (nSPS) is 10.7. The first-order valence-electron chi connectivity index (χ1n) is 7.77. The Labute approximate surface area is 155 Å². The molecule has 3 rings (SSSR count). The average Bonchev–Trinajstić information content (AvgIpc) is 2.68. The third-order valence-electron chi connectivity index (χ3n) is 3.35. The van der Waals surface area contributed by atoms with E-state index in [1.807, 2.05) is 48.5 Å². The minimum absolute atomic E-state index is 0.199. The summed E-state index contributed by atoms with van der Waals surface area (Å²) in [5.74, 6) is 0.272. The monoisotopic (exact) mass is 366 g/mol. The largest absolute Gasteiger partial charge is 0.489 e. The van der Waals surface area contributed by atoms with Crippen LogP contribution in [0.25, 0.3) is 0 Å². The number of hydrogen-bond acceptors (Lipinski definition) is 5. The molecule has 0 fully saturated rings. The van der Waals surface area contributed by atoms with E-state index < -0.39 is 5.91 Å². The highest BCUT2D eigenvalue weighted by molar-refractivity contribution is 6.30. The topological polar surface area (TPSA) is 76.5 Å². The molecule has 130 valence electrons. The highest BCUT2D eigenvalue weighted by Crippen LogP contribution is 2.15. The molecule has 6 nitrogen and oxygen atoms in total. The average molecular weight is 367 g/mol. The summed E-state index contributed by atoms with van der Waals surface area (Å²) < 4.78 is 5.76. The molecule has 1 N–H and O–H groups in total. The zero-order valence-electron chi connectivity index (χ0n) is 13.7. The maximum Gasteiger partial charge on any atom is 0.291 e. The summed E-state index contributed by atoms with van der Waals surface area (Å²) in [7, 11) is 0. The van der Waals surface area contributed by atoms with Gasteiger partial charge in [-0.3, -0.25) is 9.78 Å². The van der Waals surface area contributed by atoms with Gasteiger partial charge in [-0.1, -0.05) is 35.9 Å². The lowest BCUT2D eigenvalue weighted by Gasteiger charge is -2.07. The van der Waals surface area contributed by atoms with E-state index >= 15 is 0 Å². The maximum absolute atomic E-state index is 11.8. The molecular weight excluding hydrogens is 352 g/mol. The molecule has 0 bridgehead atoms. The predicted octanol–water partition coefficient (Wildman–Crippen LogP) is 3.47. The van der Waals surface area contributed by atoms with Crippen molar-refractivity contribution in [1.29, 1.82) is 0 Å². The second-order valence-corrected chi connectivity index (χ2v) is 5.71. The quantitative estimate of drug-likeness (QED) is 0.535. The lowest BCUT2D eigenvalue weighted by Crippen LogP contribution is -2.19. The SMILES string of the molecule is O=C(NN=Cc1cccc(OCc2ccc(Cl)cc2)c1)c1cnccn1. The van der Waals surface area contributed by atoms with Gasteiger partial charge in [0.25, 0.3) is 5.91 Å². The molecule has 0 aliphatic carbocycles. The zero-order valence-corrected chi connectivity index (χ0v) is 14.4. The molecule has 0 saturated heterocycles. The number of hydrogen-bond donors (Lipinski definition) is 1. The smallest absolute Gasteiger partial charge is 0.291 e. The Morgan fingerprint density at radius 2 is 2.04 bits per heavy atom. The number of aromatic nitrogens is 2. The molecule has 0 atom stereocenters. The van der Waals surface area contributed by atoms with Gasteiger partial charge in [0, 0.05) is 17.4 Å². The fourth-order valence-corrected chi connectivity index (χ4v) is 2.20. The summed E-state index contributed by atoms with van der Waals surface area (Å²) in [6.45, 7) is 0.432. The van der Waals surface area contributed by atoms with Crippen molar-refractivity contribution in [3.63, 3.8) is 0 Å². The Balaban J connectivity index is 1.56. The van der Waals surface area contributed by atoms with Gasteiger partial charge in [-0.05, 0) is 35.4 Å². The molecule has 1 amide bonds. The van der Waals surface area contributed by atoms with Gasteiger partial charge < -0.3 is 4.74 Å². The van der Waals surface area contributed by atoms with Crippen molar-refractivity contribution in [2.75, 3.05) is 0 Å². The highest BCUT2D eigenvalue weighted by atomic mass is 35.5. The van der Waals surface area contributed by atoms with Crippen LogP contribution in [0.5, 0.6) is 5.75 Å². The van der Waals surface area contributed by atoms with Gasteiger partial charge in [0.05, 0.1) is 12.4 Å². The first-order valence-corrected chi connectivity index (χ1v) is 8.15. The van der Waals surface area contributed by atoms with E-state index in [1.165, 1.54) is 24.8 Å². The minimum Gasteiger partial charge on any atom is -0.489 e. The summed E-state index contributed by atoms with van der Waals surface area (Å²) in [6, 6.07) is 14.9. The van der Waals surface area contributed by atoms with Gasteiger partial charge in [0.2, 0.25) is 0 Å². The number of carbonyl (C=O) groups is 1. The number of ether oxygens (including phenoxy) is 1. The van der Waals surface area contributed by atoms with Crippen LogP contribution in [0.3, 0.4) is 0 Å². The van der Waals surface area contributed by atoms with Crippen molar-refractivity contribution in [1.82, 2.24) is 15.4 Å². The van der Waals surface area contributed by atoms with Gasteiger partial charge in [0.15, 0.2) is 0 Å². The van der Waals surface area contributed by atoms with Crippen LogP contribution < -0.4 is 10.2 Å². The van der Waals surface area contributed by atoms with E-state index in [1.54, 1.807) is 0 Å². The molecule has 1 aromatic heterocycles. The molecular formula is C19H15ClN4O2. The van der Waals surface area contributed by atoms with E-state index in [4.69, 9.17) is 16.3 Å². The molecule has 0 aliphatic heterocycles. The van der Waals surface area contributed by atoms with E-state index in [0.717, 1.165) is 11.1 Å². The van der Waals surface area contributed by atoms with Crippen molar-refractivity contribution in [3.8, 4) is 5.75 Å². The molecule has 1 heterocycles. The summed E-state index contributed by atoms with van der Waals surface area (Å²) in [5, 5.41) is 4.61. The van der Waals surface area contributed by atoms with Gasteiger partial charge in [-0.25, -0.2) is 10.4 Å². The molecule has 0 unspecified atom stereocenters. The van der Waals surface area contributed by atoms with Crippen LogP contribution in [0, 0.1) is 0 Å². The van der Waals surface area contributed by atoms with Gasteiger partial charge in [0.1, 0.15) is 18.1 Å². The van der Waals surface area contributed by atoms with Crippen LogP contribution in [0.2, 0.25) is 5.02 Å². The third-order valence-corrected chi connectivity index (χ3v) is 3.60. The summed E-state index contributed by atoms with van der Waals surface area (Å²) >= 11 is 5.87. The Morgan fingerprint density at radius 1 is 1.19 bits per heavy atom. The Hall–Kier alpha value is -3.25. The van der Waals surface area contributed by atoms with Crippen LogP contribution in [0.1, 0.15) is 21.6 Å². The lowest BCUT2D eigenvalue weighted by molar-refractivity contribution is 0.0949. The van der Waals surface area contributed by atoms with E-state index in [2.05, 4.69) is 20.5 Å². The number of benzene rings is 2. The van der Waals surface area contributed by atoms with E-state index in [-0.39, 0.29) is 5.69 Å². The molecule has 0 saturated carbocycles. The number of nitrogens with zero attached hydrogens (tertiary/aromatic N) is 3. The maximum atomic E-state index is 11.8. The Morgan fingerprint density at radius 3 is 2.81 bits per heavy atom. The summed E-state index contributed by atoms with van der Waals surface area (Å²) in [4.78, 5) is 19.6. The van der Waals surface area contributed by atoms with Crippen molar-refractivity contribution < 1.29 is 9.53 Å². The molecule has 2 aromatic carbocycles. The number of amides is 1. The fraction of sp³-hybridized carbons (Fsp3) is 0.0526. The van der Waals surface area contributed by atoms with Crippen LogP contribution in [-0.2, 0) is 6.61 Å². The number of nitrogens with one attached hydrogen (secondary N) is 1. The molecule has 3 aromatic rings. The van der Waals surface area contributed by atoms with E-state index in [0.29, 0.717) is 17.4 Å². The summed E-state index contributed by atoms with van der Waals surface area (Å²) in [5.41, 5.74) is 4.41. The van der Waals surface area contributed by atoms with Gasteiger partial charge in [-0.2, -0.15) is 5.10 Å². The van der Waals surface area contributed by atoms with Crippen LogP contribution >= 0.6 is 11.6 Å². The van der Waals surface area contributed by atoms with Gasteiger partial charge in [-0.15, -0.1) is 0 Å². The molecule has 7 heteroatoms. The zero-order chi connectivity index (χ0) is 18.2. The van der Waals surface area contributed by atoms with Crippen molar-refractivity contribution in [2.45, 2.75) is 6.61 Å². The van der Waals surface area contributed by atoms with Crippen LogP contribution in [-0.4, -0.2) is 22.1 Å². The minimum atomic E-state index is -0.426. The molecule has 0 aliphatic rings. The highest BCUT2D eigenvalue weighted by Gasteiger charge is 2.04. The van der Waals surface area contributed by atoms with Crippen molar-refractivity contribution >= 4 is 23.7 Å². The van der Waals surface area contributed by atoms with Crippen LogP contribution in [0.15, 0.2) is 72.2 Å². The fourth-order valence-electron chi connectivity index (χ4n) is 2.07. The number of hydrazone groups is 1. The van der Waals surface area contributed by atoms with E-state index in [9.17, 15) is 4.79 Å². The van der Waals surface area contributed by atoms with Crippen molar-refractivity contribution in [3.05, 3.63) is 89.0 Å². The standard InChI is InChI=1S/C19H15ClN4O2/c20-16-6-4-14(5-7-16)13-26-17-3-1-2-15(10-17)11-23-24-19(25)18-12-21-8-9-22-18/h1-12H,13H2,(H,24,25). The predicted molar refractivity (Wildman–Crippen MR) is 99.3 cm³/mol. The van der Waals surface area contributed by atoms with Crippen LogP contribution in [0.4, 0.5) is 0 Å². The molecule has 0 spiro atoms. The first kappa shape index (κ1) is 17.6. The second-order valence-electron chi connectivity index (χ2n) is 5.28. The second kappa shape index (κ2) is 8.73. The summed E-state index contributed by atoms with van der Waals surface area (Å²) in [6.07, 6.45) is 5.84. The number of carbonyl (C=O) groups excluding carboxylic acids is 1. The van der Waals surface area contributed by atoms with Crippen molar-refractivity contribution in [2.24, 2.45) is 5.10 Å². The number of halogens is 1. The Kier molecular flexibility index (Phi) is 5.90. The molecule has 0 radical (unpaired) electrons. The lowest BCUT2D eigenvalue weighted by atomic mass is 10.2.